The Bertz CT molecular complexity index is 509. The molecule has 1 amide bonds. The van der Waals surface area contributed by atoms with Crippen LogP contribution in [0.4, 0.5) is 0 Å². The number of aromatic nitrogens is 2. The number of carboxylic acids is 1. The maximum absolute atomic E-state index is 11.6. The Balaban J connectivity index is 2.66. The molecule has 0 spiro atoms. The van der Waals surface area contributed by atoms with E-state index in [9.17, 15) is 14.4 Å². The molecule has 0 fully saturated rings. The zero-order valence-electron chi connectivity index (χ0n) is 9.57. The molecular weight excluding hydrogens is 238 g/mol. The molecule has 0 aliphatic rings. The van der Waals surface area contributed by atoms with E-state index in [-0.39, 0.29) is 13.0 Å². The average Bonchev–Trinajstić information content (AvgIpc) is 2.31. The monoisotopic (exact) mass is 251 g/mol. The first-order valence-electron chi connectivity index (χ1n) is 5.19. The lowest BCUT2D eigenvalue weighted by Crippen LogP contribution is -2.43. The van der Waals surface area contributed by atoms with Crippen LogP contribution >= 0.6 is 0 Å². The first kappa shape index (κ1) is 13.6. The SMILES string of the molecule is C=CCC(NC(=O)Cn1cccnc1=O)C(=O)O. The lowest BCUT2D eigenvalue weighted by Gasteiger charge is -2.12. The summed E-state index contributed by atoms with van der Waals surface area (Å²) in [6, 6.07) is 0.468. The molecule has 0 bridgehead atoms. The van der Waals surface area contributed by atoms with E-state index in [1.165, 1.54) is 24.5 Å². The van der Waals surface area contributed by atoms with Gasteiger partial charge in [0.1, 0.15) is 12.6 Å². The van der Waals surface area contributed by atoms with Crippen molar-refractivity contribution in [2.75, 3.05) is 0 Å². The highest BCUT2D eigenvalue weighted by molar-refractivity contribution is 5.83. The van der Waals surface area contributed by atoms with Gasteiger partial charge < -0.3 is 10.4 Å². The summed E-state index contributed by atoms with van der Waals surface area (Å²) < 4.78 is 1.09. The second kappa shape index (κ2) is 6.33. The standard InChI is InChI=1S/C11H13N3O4/c1-2-4-8(10(16)17)13-9(15)7-14-6-3-5-12-11(14)18/h2-3,5-6,8H,1,4,7H2,(H,13,15)(H,16,17). The van der Waals surface area contributed by atoms with Crippen molar-refractivity contribution in [1.82, 2.24) is 14.9 Å². The molecule has 1 aromatic rings. The quantitative estimate of drug-likeness (QED) is 0.657. The maximum atomic E-state index is 11.6. The van der Waals surface area contributed by atoms with Crippen LogP contribution in [0.5, 0.6) is 0 Å². The third kappa shape index (κ3) is 3.85. The number of amides is 1. The second-order valence-corrected chi connectivity index (χ2v) is 3.51. The molecule has 7 nitrogen and oxygen atoms in total. The predicted octanol–water partition coefficient (Wildman–Crippen LogP) is -0.611. The van der Waals surface area contributed by atoms with Crippen molar-refractivity contribution in [2.24, 2.45) is 0 Å². The zero-order valence-corrected chi connectivity index (χ0v) is 9.57. The third-order valence-electron chi connectivity index (χ3n) is 2.13. The molecule has 0 aliphatic heterocycles. The smallest absolute Gasteiger partial charge is 0.347 e. The Kier molecular flexibility index (Phi) is 4.79. The fraction of sp³-hybridized carbons (Fsp3) is 0.273. The van der Waals surface area contributed by atoms with Gasteiger partial charge in [-0.15, -0.1) is 6.58 Å². The lowest BCUT2D eigenvalue weighted by molar-refractivity contribution is -0.141. The normalized spacial score (nSPS) is 11.6. The third-order valence-corrected chi connectivity index (χ3v) is 2.13. The van der Waals surface area contributed by atoms with Crippen molar-refractivity contribution >= 4 is 11.9 Å². The number of hydrogen-bond acceptors (Lipinski definition) is 4. The first-order chi connectivity index (χ1) is 8.54. The summed E-state index contributed by atoms with van der Waals surface area (Å²) in [5.74, 6) is -1.72. The summed E-state index contributed by atoms with van der Waals surface area (Å²) in [6.45, 7) is 3.14. The molecule has 1 atom stereocenters. The van der Waals surface area contributed by atoms with Gasteiger partial charge >= 0.3 is 11.7 Å². The van der Waals surface area contributed by atoms with E-state index in [1.54, 1.807) is 0 Å². The number of nitrogens with one attached hydrogen (secondary N) is 1. The van der Waals surface area contributed by atoms with Gasteiger partial charge in [-0.25, -0.2) is 14.6 Å². The van der Waals surface area contributed by atoms with E-state index in [4.69, 9.17) is 5.11 Å². The van der Waals surface area contributed by atoms with Crippen molar-refractivity contribution in [3.8, 4) is 0 Å². The van der Waals surface area contributed by atoms with Crippen LogP contribution in [0.1, 0.15) is 6.42 Å². The van der Waals surface area contributed by atoms with Crippen LogP contribution in [-0.2, 0) is 16.1 Å². The van der Waals surface area contributed by atoms with Gasteiger partial charge in [0.2, 0.25) is 5.91 Å². The number of aliphatic carboxylic acids is 1. The Hall–Kier alpha value is -2.44. The summed E-state index contributed by atoms with van der Waals surface area (Å²) in [4.78, 5) is 37.1. The fourth-order valence-electron chi connectivity index (χ4n) is 1.29. The van der Waals surface area contributed by atoms with Gasteiger partial charge in [-0.1, -0.05) is 6.08 Å². The molecule has 0 aromatic carbocycles. The van der Waals surface area contributed by atoms with Crippen molar-refractivity contribution in [3.05, 3.63) is 41.6 Å². The van der Waals surface area contributed by atoms with Crippen LogP contribution in [0.25, 0.3) is 0 Å². The number of rotatable bonds is 6. The number of nitrogens with zero attached hydrogens (tertiary/aromatic N) is 2. The molecule has 1 rings (SSSR count). The van der Waals surface area contributed by atoms with Gasteiger partial charge in [0, 0.05) is 12.4 Å². The summed E-state index contributed by atoms with van der Waals surface area (Å²) in [5.41, 5.74) is -0.566. The molecule has 18 heavy (non-hydrogen) atoms. The molecule has 0 saturated heterocycles. The maximum Gasteiger partial charge on any atom is 0.347 e. The summed E-state index contributed by atoms with van der Waals surface area (Å²) >= 11 is 0. The first-order valence-corrected chi connectivity index (χ1v) is 5.19. The molecule has 0 saturated carbocycles. The molecule has 1 heterocycles. The van der Waals surface area contributed by atoms with Crippen molar-refractivity contribution < 1.29 is 14.7 Å². The molecule has 0 radical (unpaired) electrons. The molecule has 2 N–H and O–H groups in total. The molecule has 1 aromatic heterocycles. The Morgan fingerprint density at radius 2 is 2.33 bits per heavy atom. The van der Waals surface area contributed by atoms with E-state index < -0.39 is 23.6 Å². The number of carboxylic acid groups (broad SMARTS) is 1. The van der Waals surface area contributed by atoms with Gasteiger partial charge in [-0.2, -0.15) is 0 Å². The molecule has 96 valence electrons. The average molecular weight is 251 g/mol. The van der Waals surface area contributed by atoms with Crippen LogP contribution in [0.2, 0.25) is 0 Å². The second-order valence-electron chi connectivity index (χ2n) is 3.51. The van der Waals surface area contributed by atoms with Gasteiger partial charge in [-0.05, 0) is 12.5 Å². The van der Waals surface area contributed by atoms with E-state index >= 15 is 0 Å². The summed E-state index contributed by atoms with van der Waals surface area (Å²) in [7, 11) is 0. The van der Waals surface area contributed by atoms with Crippen molar-refractivity contribution in [2.45, 2.75) is 19.0 Å². The molecular formula is C11H13N3O4. The van der Waals surface area contributed by atoms with E-state index in [0.717, 1.165) is 4.57 Å². The lowest BCUT2D eigenvalue weighted by atomic mass is 10.2. The van der Waals surface area contributed by atoms with Crippen molar-refractivity contribution in [1.29, 1.82) is 0 Å². The van der Waals surface area contributed by atoms with Crippen LogP contribution in [0, 0.1) is 0 Å². The molecule has 7 heteroatoms. The largest absolute Gasteiger partial charge is 0.480 e. The highest BCUT2D eigenvalue weighted by Crippen LogP contribution is 1.93. The van der Waals surface area contributed by atoms with Crippen LogP contribution in [0.15, 0.2) is 35.9 Å². The van der Waals surface area contributed by atoms with E-state index in [1.807, 2.05) is 0 Å². The van der Waals surface area contributed by atoms with Crippen LogP contribution in [0.3, 0.4) is 0 Å². The Morgan fingerprint density at radius 1 is 1.61 bits per heavy atom. The van der Waals surface area contributed by atoms with E-state index in [0.29, 0.717) is 0 Å². The fourth-order valence-corrected chi connectivity index (χ4v) is 1.29. The van der Waals surface area contributed by atoms with Crippen LogP contribution in [-0.4, -0.2) is 32.6 Å². The van der Waals surface area contributed by atoms with E-state index in [2.05, 4.69) is 16.9 Å². The van der Waals surface area contributed by atoms with Gasteiger partial charge in [-0.3, -0.25) is 9.36 Å². The Morgan fingerprint density at radius 3 is 2.89 bits per heavy atom. The number of carbonyl (C=O) groups excluding carboxylic acids is 1. The van der Waals surface area contributed by atoms with Crippen LogP contribution < -0.4 is 11.0 Å². The minimum Gasteiger partial charge on any atom is -0.480 e. The molecule has 1 unspecified atom stereocenters. The number of carbonyl (C=O) groups is 2. The minimum atomic E-state index is -1.15. The minimum absolute atomic E-state index is 0.114. The Labute approximate surface area is 103 Å². The number of hydrogen-bond donors (Lipinski definition) is 2. The van der Waals surface area contributed by atoms with Gasteiger partial charge in [0.15, 0.2) is 0 Å². The van der Waals surface area contributed by atoms with Gasteiger partial charge in [0.25, 0.3) is 0 Å². The zero-order chi connectivity index (χ0) is 13.5. The topological polar surface area (TPSA) is 101 Å². The predicted molar refractivity (Wildman–Crippen MR) is 62.9 cm³/mol. The highest BCUT2D eigenvalue weighted by Gasteiger charge is 2.18. The van der Waals surface area contributed by atoms with Gasteiger partial charge in [0.05, 0.1) is 0 Å². The van der Waals surface area contributed by atoms with Crippen molar-refractivity contribution in [3.63, 3.8) is 0 Å². The summed E-state index contributed by atoms with van der Waals surface area (Å²) in [5, 5.41) is 11.1. The molecule has 0 aliphatic carbocycles. The summed E-state index contributed by atoms with van der Waals surface area (Å²) in [6.07, 6.45) is 4.23. The highest BCUT2D eigenvalue weighted by atomic mass is 16.4.